The van der Waals surface area contributed by atoms with Crippen molar-refractivity contribution in [3.8, 4) is 0 Å². The number of hydrogen-bond donors (Lipinski definition) is 1. The molecule has 0 radical (unpaired) electrons. The number of hydrogen-bond acceptors (Lipinski definition) is 3. The van der Waals surface area contributed by atoms with Crippen molar-refractivity contribution in [2.45, 2.75) is 26.3 Å². The number of rotatable bonds is 7. The average Bonchev–Trinajstić information content (AvgIpc) is 2.63. The van der Waals surface area contributed by atoms with E-state index in [1.807, 2.05) is 17.9 Å². The number of methoxy groups -OCH3 is 1. The zero-order valence-corrected chi connectivity index (χ0v) is 10.7. The molecule has 0 spiro atoms. The summed E-state index contributed by atoms with van der Waals surface area (Å²) in [5.74, 6) is 0.592. The predicted molar refractivity (Wildman–Crippen MR) is 65.4 cm³/mol. The van der Waals surface area contributed by atoms with Crippen LogP contribution in [0.5, 0.6) is 0 Å². The van der Waals surface area contributed by atoms with Crippen LogP contribution in [0.3, 0.4) is 0 Å². The first kappa shape index (κ1) is 13.2. The van der Waals surface area contributed by atoms with Crippen molar-refractivity contribution in [2.75, 3.05) is 20.3 Å². The van der Waals surface area contributed by atoms with Gasteiger partial charge in [-0.2, -0.15) is 5.10 Å². The van der Waals surface area contributed by atoms with Crippen molar-refractivity contribution in [3.63, 3.8) is 0 Å². The van der Waals surface area contributed by atoms with Gasteiger partial charge in [-0.25, -0.2) is 0 Å². The lowest BCUT2D eigenvalue weighted by atomic mass is 10.1. The molecule has 1 aromatic rings. The summed E-state index contributed by atoms with van der Waals surface area (Å²) in [5, 5.41) is 7.67. The Bertz CT molecular complexity index is 296. The Balaban J connectivity index is 2.27. The van der Waals surface area contributed by atoms with Crippen LogP contribution in [-0.2, 0) is 18.2 Å². The second-order valence-electron chi connectivity index (χ2n) is 4.53. The van der Waals surface area contributed by atoms with Gasteiger partial charge in [0.2, 0.25) is 0 Å². The molecule has 0 aliphatic carbocycles. The first-order valence-corrected chi connectivity index (χ1v) is 5.83. The Morgan fingerprint density at radius 2 is 2.25 bits per heavy atom. The lowest BCUT2D eigenvalue weighted by molar-refractivity contribution is 0.147. The van der Waals surface area contributed by atoms with E-state index in [0.29, 0.717) is 12.0 Å². The highest BCUT2D eigenvalue weighted by Crippen LogP contribution is 2.02. The maximum atomic E-state index is 5.19. The van der Waals surface area contributed by atoms with E-state index in [-0.39, 0.29) is 0 Å². The number of aromatic nitrogens is 2. The highest BCUT2D eigenvalue weighted by Gasteiger charge is 2.11. The fourth-order valence-corrected chi connectivity index (χ4v) is 1.67. The first-order chi connectivity index (χ1) is 7.63. The summed E-state index contributed by atoms with van der Waals surface area (Å²) < 4.78 is 7.03. The molecule has 1 N–H and O–H groups in total. The van der Waals surface area contributed by atoms with Gasteiger partial charge >= 0.3 is 0 Å². The predicted octanol–water partition coefficient (Wildman–Crippen LogP) is 1.22. The number of nitrogens with zero attached hydrogens (tertiary/aromatic N) is 2. The molecule has 4 nitrogen and oxygen atoms in total. The smallest absolute Gasteiger partial charge is 0.0618 e. The molecular weight excluding hydrogens is 202 g/mol. The fraction of sp³-hybridized carbons (Fsp3) is 0.750. The van der Waals surface area contributed by atoms with Crippen LogP contribution in [-0.4, -0.2) is 36.1 Å². The molecule has 1 heterocycles. The molecule has 0 bridgehead atoms. The molecule has 1 unspecified atom stereocenters. The van der Waals surface area contributed by atoms with Gasteiger partial charge in [0.25, 0.3) is 0 Å². The van der Waals surface area contributed by atoms with Crippen molar-refractivity contribution in [2.24, 2.45) is 13.0 Å². The SMILES string of the molecule is COCC(NCCc1cnn(C)c1)C(C)C. The summed E-state index contributed by atoms with van der Waals surface area (Å²) in [7, 11) is 3.69. The van der Waals surface area contributed by atoms with Crippen LogP contribution in [0.25, 0.3) is 0 Å². The summed E-state index contributed by atoms with van der Waals surface area (Å²) in [5.41, 5.74) is 1.27. The Labute approximate surface area is 98.0 Å². The first-order valence-electron chi connectivity index (χ1n) is 5.83. The lowest BCUT2D eigenvalue weighted by Crippen LogP contribution is -2.38. The zero-order valence-electron chi connectivity index (χ0n) is 10.7. The topological polar surface area (TPSA) is 39.1 Å². The minimum Gasteiger partial charge on any atom is -0.383 e. The minimum atomic E-state index is 0.432. The summed E-state index contributed by atoms with van der Waals surface area (Å²) >= 11 is 0. The van der Waals surface area contributed by atoms with Gasteiger partial charge in [0, 0.05) is 26.4 Å². The molecule has 1 aromatic heterocycles. The average molecular weight is 225 g/mol. The van der Waals surface area contributed by atoms with E-state index in [4.69, 9.17) is 4.74 Å². The van der Waals surface area contributed by atoms with Gasteiger partial charge in [0.15, 0.2) is 0 Å². The van der Waals surface area contributed by atoms with Crippen LogP contribution in [0.15, 0.2) is 12.4 Å². The van der Waals surface area contributed by atoms with Gasteiger partial charge in [-0.3, -0.25) is 4.68 Å². The van der Waals surface area contributed by atoms with Gasteiger partial charge in [-0.15, -0.1) is 0 Å². The normalized spacial score (nSPS) is 13.3. The minimum absolute atomic E-state index is 0.432. The monoisotopic (exact) mass is 225 g/mol. The number of nitrogens with one attached hydrogen (secondary N) is 1. The lowest BCUT2D eigenvalue weighted by Gasteiger charge is -2.21. The van der Waals surface area contributed by atoms with Crippen molar-refractivity contribution in [1.29, 1.82) is 0 Å². The van der Waals surface area contributed by atoms with Gasteiger partial charge < -0.3 is 10.1 Å². The summed E-state index contributed by atoms with van der Waals surface area (Å²) in [6.45, 7) is 6.16. The quantitative estimate of drug-likeness (QED) is 0.758. The molecule has 0 aliphatic heterocycles. The Morgan fingerprint density at radius 3 is 2.75 bits per heavy atom. The van der Waals surface area contributed by atoms with E-state index >= 15 is 0 Å². The van der Waals surface area contributed by atoms with Gasteiger partial charge in [0.1, 0.15) is 0 Å². The van der Waals surface area contributed by atoms with Gasteiger partial charge in [-0.05, 0) is 24.4 Å². The Kier molecular flexibility index (Phi) is 5.49. The maximum Gasteiger partial charge on any atom is 0.0618 e. The van der Waals surface area contributed by atoms with E-state index in [0.717, 1.165) is 19.6 Å². The largest absolute Gasteiger partial charge is 0.383 e. The molecular formula is C12H23N3O. The van der Waals surface area contributed by atoms with Crippen LogP contribution in [0, 0.1) is 5.92 Å². The summed E-state index contributed by atoms with van der Waals surface area (Å²) in [6.07, 6.45) is 4.99. The molecule has 0 saturated heterocycles. The van der Waals surface area contributed by atoms with Gasteiger partial charge in [0.05, 0.1) is 12.8 Å². The second-order valence-corrected chi connectivity index (χ2v) is 4.53. The van der Waals surface area contributed by atoms with Crippen molar-refractivity contribution in [1.82, 2.24) is 15.1 Å². The van der Waals surface area contributed by atoms with E-state index < -0.39 is 0 Å². The van der Waals surface area contributed by atoms with Crippen molar-refractivity contribution >= 4 is 0 Å². The highest BCUT2D eigenvalue weighted by atomic mass is 16.5. The van der Waals surface area contributed by atoms with E-state index in [2.05, 4.69) is 30.5 Å². The summed E-state index contributed by atoms with van der Waals surface area (Å²) in [4.78, 5) is 0. The van der Waals surface area contributed by atoms with Crippen LogP contribution in [0.1, 0.15) is 19.4 Å². The molecule has 0 aliphatic rings. The third-order valence-corrected chi connectivity index (χ3v) is 2.73. The molecule has 1 atom stereocenters. The second kappa shape index (κ2) is 6.66. The summed E-state index contributed by atoms with van der Waals surface area (Å²) in [6, 6.07) is 0.432. The van der Waals surface area contributed by atoms with Crippen LogP contribution >= 0.6 is 0 Å². The fourth-order valence-electron chi connectivity index (χ4n) is 1.67. The molecule has 1 rings (SSSR count). The molecule has 4 heteroatoms. The third kappa shape index (κ3) is 4.33. The Hall–Kier alpha value is -0.870. The van der Waals surface area contributed by atoms with Crippen molar-refractivity contribution < 1.29 is 4.74 Å². The molecule has 0 aromatic carbocycles. The van der Waals surface area contributed by atoms with Gasteiger partial charge in [-0.1, -0.05) is 13.8 Å². The van der Waals surface area contributed by atoms with Crippen LogP contribution < -0.4 is 5.32 Å². The number of aryl methyl sites for hydroxylation is 1. The number of ether oxygens (including phenoxy) is 1. The molecule has 0 saturated carbocycles. The zero-order chi connectivity index (χ0) is 12.0. The molecule has 0 amide bonds. The van der Waals surface area contributed by atoms with Crippen LogP contribution in [0.2, 0.25) is 0 Å². The molecule has 92 valence electrons. The van der Waals surface area contributed by atoms with E-state index in [1.165, 1.54) is 5.56 Å². The van der Waals surface area contributed by atoms with E-state index in [1.54, 1.807) is 7.11 Å². The van der Waals surface area contributed by atoms with Crippen LogP contribution in [0.4, 0.5) is 0 Å². The highest BCUT2D eigenvalue weighted by molar-refractivity contribution is 5.03. The standard InChI is InChI=1S/C12H23N3O/c1-10(2)12(9-16-4)13-6-5-11-7-14-15(3)8-11/h7-8,10,12-13H,5-6,9H2,1-4H3. The van der Waals surface area contributed by atoms with E-state index in [9.17, 15) is 0 Å². The Morgan fingerprint density at radius 1 is 1.50 bits per heavy atom. The molecule has 16 heavy (non-hydrogen) atoms. The third-order valence-electron chi connectivity index (χ3n) is 2.73. The van der Waals surface area contributed by atoms with Crippen molar-refractivity contribution in [3.05, 3.63) is 18.0 Å². The maximum absolute atomic E-state index is 5.19. The molecule has 0 fully saturated rings.